The van der Waals surface area contributed by atoms with Gasteiger partial charge in [0.1, 0.15) is 5.82 Å². The second-order valence-electron chi connectivity index (χ2n) is 3.38. The van der Waals surface area contributed by atoms with Gasteiger partial charge in [0, 0.05) is 6.54 Å². The van der Waals surface area contributed by atoms with Crippen molar-refractivity contribution < 1.29 is 0 Å². The molecule has 0 aliphatic rings. The highest BCUT2D eigenvalue weighted by Crippen LogP contribution is 2.06. The Hall–Kier alpha value is -1.72. The summed E-state index contributed by atoms with van der Waals surface area (Å²) in [5.74, 6) is 0.841. The van der Waals surface area contributed by atoms with E-state index in [1.54, 1.807) is 16.9 Å². The van der Waals surface area contributed by atoms with Gasteiger partial charge in [0.15, 0.2) is 5.65 Å². The Morgan fingerprint density at radius 3 is 3.13 bits per heavy atom. The van der Waals surface area contributed by atoms with Gasteiger partial charge < -0.3 is 5.32 Å². The van der Waals surface area contributed by atoms with Crippen molar-refractivity contribution in [3.8, 4) is 0 Å². The number of rotatable bonds is 5. The fourth-order valence-corrected chi connectivity index (χ4v) is 1.39. The summed E-state index contributed by atoms with van der Waals surface area (Å²) in [7, 11) is 0. The third-order valence-electron chi connectivity index (χ3n) is 2.20. The molecule has 0 aliphatic carbocycles. The zero-order chi connectivity index (χ0) is 10.5. The monoisotopic (exact) mass is 206 g/mol. The minimum absolute atomic E-state index is 0.662. The molecule has 0 aliphatic heterocycles. The Morgan fingerprint density at radius 2 is 2.27 bits per heavy atom. The molecule has 0 radical (unpaired) electrons. The summed E-state index contributed by atoms with van der Waals surface area (Å²) in [5, 5.41) is 14.5. The number of aromatic nitrogens is 5. The number of fused-ring (bicyclic) bond motifs is 1. The van der Waals surface area contributed by atoms with E-state index in [-0.39, 0.29) is 0 Å². The standard InChI is InChI=1S/C9H14N6/c1-2-3-4-5-11-8-6-10-7-9-12-13-14-15(8)9/h6-7,11H,2-5H2,1H3. The molecule has 2 aromatic heterocycles. The van der Waals surface area contributed by atoms with E-state index in [4.69, 9.17) is 0 Å². The van der Waals surface area contributed by atoms with E-state index in [0.29, 0.717) is 5.65 Å². The maximum atomic E-state index is 4.06. The van der Waals surface area contributed by atoms with E-state index in [1.807, 2.05) is 0 Å². The molecule has 0 saturated carbocycles. The highest BCUT2D eigenvalue weighted by Gasteiger charge is 2.02. The largest absolute Gasteiger partial charge is 0.369 e. The van der Waals surface area contributed by atoms with Crippen LogP contribution in [-0.4, -0.2) is 31.6 Å². The summed E-state index contributed by atoms with van der Waals surface area (Å²) in [4.78, 5) is 4.06. The Bertz CT molecular complexity index is 423. The van der Waals surface area contributed by atoms with E-state index in [0.717, 1.165) is 18.8 Å². The summed E-state index contributed by atoms with van der Waals surface area (Å²) in [6.07, 6.45) is 6.96. The first-order valence-corrected chi connectivity index (χ1v) is 5.18. The van der Waals surface area contributed by atoms with Crippen molar-refractivity contribution in [3.63, 3.8) is 0 Å². The Balaban J connectivity index is 2.04. The number of tetrazole rings is 1. The van der Waals surface area contributed by atoms with Crippen molar-refractivity contribution in [1.82, 2.24) is 25.0 Å². The molecule has 2 rings (SSSR count). The van der Waals surface area contributed by atoms with E-state index >= 15 is 0 Å². The van der Waals surface area contributed by atoms with Crippen LogP contribution in [-0.2, 0) is 0 Å². The van der Waals surface area contributed by atoms with Crippen LogP contribution in [0, 0.1) is 0 Å². The normalized spacial score (nSPS) is 10.7. The van der Waals surface area contributed by atoms with Crippen LogP contribution in [0.2, 0.25) is 0 Å². The zero-order valence-corrected chi connectivity index (χ0v) is 8.72. The van der Waals surface area contributed by atoms with Crippen LogP contribution >= 0.6 is 0 Å². The van der Waals surface area contributed by atoms with Gasteiger partial charge in [-0.05, 0) is 16.8 Å². The van der Waals surface area contributed by atoms with E-state index < -0.39 is 0 Å². The lowest BCUT2D eigenvalue weighted by Crippen LogP contribution is -2.07. The summed E-state index contributed by atoms with van der Waals surface area (Å²) in [6, 6.07) is 0. The van der Waals surface area contributed by atoms with Crippen molar-refractivity contribution in [2.24, 2.45) is 0 Å². The predicted molar refractivity (Wildman–Crippen MR) is 56.6 cm³/mol. The first kappa shape index (κ1) is 9.82. The van der Waals surface area contributed by atoms with Gasteiger partial charge in [0.2, 0.25) is 0 Å². The SMILES string of the molecule is CCCCCNc1cncc2nnnn12. The van der Waals surface area contributed by atoms with E-state index in [2.05, 4.69) is 32.7 Å². The first-order valence-electron chi connectivity index (χ1n) is 5.18. The van der Waals surface area contributed by atoms with Crippen LogP contribution in [0.15, 0.2) is 12.4 Å². The van der Waals surface area contributed by atoms with Crippen molar-refractivity contribution in [3.05, 3.63) is 12.4 Å². The average Bonchev–Trinajstić information content (AvgIpc) is 2.73. The van der Waals surface area contributed by atoms with Gasteiger partial charge in [-0.2, -0.15) is 4.52 Å². The molecule has 1 N–H and O–H groups in total. The molecular weight excluding hydrogens is 192 g/mol. The van der Waals surface area contributed by atoms with Gasteiger partial charge in [-0.1, -0.05) is 19.8 Å². The molecule has 15 heavy (non-hydrogen) atoms. The lowest BCUT2D eigenvalue weighted by Gasteiger charge is -2.05. The second kappa shape index (κ2) is 4.68. The molecule has 6 nitrogen and oxygen atoms in total. The van der Waals surface area contributed by atoms with Crippen molar-refractivity contribution in [2.75, 3.05) is 11.9 Å². The smallest absolute Gasteiger partial charge is 0.199 e. The number of anilines is 1. The molecule has 0 spiro atoms. The Labute approximate surface area is 87.7 Å². The van der Waals surface area contributed by atoms with Gasteiger partial charge in [0.05, 0.1) is 12.4 Å². The van der Waals surface area contributed by atoms with Gasteiger partial charge in [0.25, 0.3) is 0 Å². The molecule has 0 amide bonds. The third kappa shape index (κ3) is 2.20. The van der Waals surface area contributed by atoms with Crippen LogP contribution in [0.3, 0.4) is 0 Å². The molecule has 80 valence electrons. The number of nitrogens with zero attached hydrogens (tertiary/aromatic N) is 5. The lowest BCUT2D eigenvalue weighted by atomic mass is 10.2. The maximum Gasteiger partial charge on any atom is 0.199 e. The molecule has 0 atom stereocenters. The Morgan fingerprint density at radius 1 is 1.33 bits per heavy atom. The van der Waals surface area contributed by atoms with Crippen LogP contribution in [0.25, 0.3) is 5.65 Å². The fourth-order valence-electron chi connectivity index (χ4n) is 1.39. The van der Waals surface area contributed by atoms with Crippen LogP contribution in [0.1, 0.15) is 26.2 Å². The molecule has 0 unspecified atom stereocenters. The highest BCUT2D eigenvalue weighted by atomic mass is 15.5. The van der Waals surface area contributed by atoms with Crippen molar-refractivity contribution in [1.29, 1.82) is 0 Å². The first-order chi connectivity index (χ1) is 7.42. The molecule has 0 bridgehead atoms. The number of nitrogens with one attached hydrogen (secondary N) is 1. The third-order valence-corrected chi connectivity index (χ3v) is 2.20. The summed E-state index contributed by atoms with van der Waals surface area (Å²) in [6.45, 7) is 3.11. The van der Waals surface area contributed by atoms with Crippen LogP contribution < -0.4 is 5.32 Å². The quantitative estimate of drug-likeness (QED) is 0.742. The predicted octanol–water partition coefficient (Wildman–Crippen LogP) is 1.12. The molecular formula is C9H14N6. The van der Waals surface area contributed by atoms with Gasteiger partial charge in [-0.3, -0.25) is 4.98 Å². The fraction of sp³-hybridized carbons (Fsp3) is 0.556. The number of hydrogen-bond acceptors (Lipinski definition) is 5. The number of unbranched alkanes of at least 4 members (excludes halogenated alkanes) is 2. The molecule has 0 fully saturated rings. The van der Waals surface area contributed by atoms with Crippen LogP contribution in [0.4, 0.5) is 5.82 Å². The minimum Gasteiger partial charge on any atom is -0.369 e. The highest BCUT2D eigenvalue weighted by molar-refractivity contribution is 5.43. The molecule has 2 heterocycles. The van der Waals surface area contributed by atoms with E-state index in [9.17, 15) is 0 Å². The van der Waals surface area contributed by atoms with Gasteiger partial charge in [-0.25, -0.2) is 0 Å². The van der Waals surface area contributed by atoms with Crippen LogP contribution in [0.5, 0.6) is 0 Å². The average molecular weight is 206 g/mol. The van der Waals surface area contributed by atoms with Gasteiger partial charge >= 0.3 is 0 Å². The lowest BCUT2D eigenvalue weighted by molar-refractivity contribution is 0.736. The maximum absolute atomic E-state index is 4.06. The Kier molecular flexibility index (Phi) is 3.06. The zero-order valence-electron chi connectivity index (χ0n) is 8.72. The number of hydrogen-bond donors (Lipinski definition) is 1. The second-order valence-corrected chi connectivity index (χ2v) is 3.38. The minimum atomic E-state index is 0.662. The van der Waals surface area contributed by atoms with Crippen molar-refractivity contribution in [2.45, 2.75) is 26.2 Å². The molecule has 2 aromatic rings. The summed E-state index contributed by atoms with van der Waals surface area (Å²) >= 11 is 0. The molecule has 0 aromatic carbocycles. The van der Waals surface area contributed by atoms with Crippen molar-refractivity contribution >= 4 is 11.5 Å². The summed E-state index contributed by atoms with van der Waals surface area (Å²) < 4.78 is 1.65. The topological polar surface area (TPSA) is 68.0 Å². The van der Waals surface area contributed by atoms with E-state index in [1.165, 1.54) is 12.8 Å². The molecule has 0 saturated heterocycles. The molecule has 6 heteroatoms. The van der Waals surface area contributed by atoms with Gasteiger partial charge in [-0.15, -0.1) is 5.10 Å². The summed E-state index contributed by atoms with van der Waals surface area (Å²) in [5.41, 5.74) is 0.662.